The van der Waals surface area contributed by atoms with Crippen molar-refractivity contribution >= 4 is 22.4 Å². The zero-order valence-corrected chi connectivity index (χ0v) is 15.7. The monoisotopic (exact) mass is 363 g/mol. The second kappa shape index (κ2) is 5.64. The van der Waals surface area contributed by atoms with Crippen molar-refractivity contribution in [2.24, 2.45) is 7.05 Å². The van der Waals surface area contributed by atoms with E-state index in [0.717, 1.165) is 6.54 Å². The Morgan fingerprint density at radius 1 is 1.08 bits per heavy atom. The number of hydrogen-bond donors (Lipinski definition) is 0. The molecule has 0 aliphatic carbocycles. The van der Waals surface area contributed by atoms with Crippen LogP contribution in [0.25, 0.3) is 10.9 Å². The van der Waals surface area contributed by atoms with Crippen LogP contribution in [-0.4, -0.2) is 60.3 Å². The average Bonchev–Trinajstić information content (AvgIpc) is 2.69. The molecule has 8 heteroatoms. The minimum Gasteiger partial charge on any atom is -0.369 e. The molecule has 2 atom stereocenters. The van der Waals surface area contributed by atoms with Gasteiger partial charge in [0.25, 0.3) is 0 Å². The molecule has 1 aromatic carbocycles. The van der Waals surface area contributed by atoms with Gasteiger partial charge in [0.05, 0.1) is 22.6 Å². The first kappa shape index (κ1) is 17.2. The molecule has 140 valence electrons. The summed E-state index contributed by atoms with van der Waals surface area (Å²) in [4.78, 5) is 22.8. The number of nitrogens with zero attached hydrogens (tertiary/aromatic N) is 5. The van der Waals surface area contributed by atoms with Crippen LogP contribution in [0.5, 0.6) is 0 Å². The van der Waals surface area contributed by atoms with E-state index in [9.17, 15) is 9.18 Å². The van der Waals surface area contributed by atoms with Crippen LogP contribution in [-0.2, 0) is 7.05 Å². The van der Waals surface area contributed by atoms with Crippen LogP contribution >= 0.6 is 0 Å². The van der Waals surface area contributed by atoms with Gasteiger partial charge in [-0.25, -0.2) is 13.6 Å². The van der Waals surface area contributed by atoms with Crippen LogP contribution in [0.3, 0.4) is 0 Å². The summed E-state index contributed by atoms with van der Waals surface area (Å²) in [6.07, 6.45) is 0. The highest BCUT2D eigenvalue weighted by molar-refractivity contribution is 6.02. The zero-order valence-electron chi connectivity index (χ0n) is 15.7. The van der Waals surface area contributed by atoms with Crippen LogP contribution in [0.1, 0.15) is 12.5 Å². The molecular weight excluding hydrogens is 340 g/mol. The molecule has 6 nitrogen and oxygen atoms in total. The fourth-order valence-electron chi connectivity index (χ4n) is 4.20. The first-order chi connectivity index (χ1) is 12.2. The van der Waals surface area contributed by atoms with Gasteiger partial charge in [0.15, 0.2) is 11.6 Å². The van der Waals surface area contributed by atoms with Gasteiger partial charge < -0.3 is 9.80 Å². The van der Waals surface area contributed by atoms with E-state index in [0.29, 0.717) is 30.0 Å². The van der Waals surface area contributed by atoms with Crippen LogP contribution in [0.15, 0.2) is 4.79 Å². The predicted molar refractivity (Wildman–Crippen MR) is 98.1 cm³/mol. The van der Waals surface area contributed by atoms with Crippen LogP contribution in [0.4, 0.5) is 20.3 Å². The molecule has 2 aromatic rings. The van der Waals surface area contributed by atoms with Crippen molar-refractivity contribution in [3.8, 4) is 0 Å². The van der Waals surface area contributed by atoms with Crippen molar-refractivity contribution < 1.29 is 8.78 Å². The van der Waals surface area contributed by atoms with Crippen molar-refractivity contribution in [3.05, 3.63) is 27.7 Å². The van der Waals surface area contributed by atoms with E-state index in [2.05, 4.69) is 28.8 Å². The molecule has 0 N–H and O–H groups in total. The largest absolute Gasteiger partial charge is 0.369 e. The summed E-state index contributed by atoms with van der Waals surface area (Å²) >= 11 is 0. The molecule has 0 radical (unpaired) electrons. The highest BCUT2D eigenvalue weighted by Gasteiger charge is 2.38. The second-order valence-corrected chi connectivity index (χ2v) is 7.58. The summed E-state index contributed by atoms with van der Waals surface area (Å²) in [6.45, 7) is 5.50. The summed E-state index contributed by atoms with van der Waals surface area (Å²) in [5.41, 5.74) is -0.162. The Labute approximate surface area is 150 Å². The van der Waals surface area contributed by atoms with Crippen molar-refractivity contribution in [2.75, 3.05) is 43.5 Å². The standard InChI is InChI=1S/C18H23F2N5O/c1-9-6-25-11(7-22(9)3)8-23(4)15-12-16(14(20)10(2)13(15)19)24(5)18(26)21-17(12)25/h9,11H,6-8H2,1-5H3. The van der Waals surface area contributed by atoms with E-state index in [4.69, 9.17) is 0 Å². The first-order valence-corrected chi connectivity index (χ1v) is 8.78. The van der Waals surface area contributed by atoms with E-state index >= 15 is 4.39 Å². The summed E-state index contributed by atoms with van der Waals surface area (Å²) in [5, 5.41) is 0.384. The summed E-state index contributed by atoms with van der Waals surface area (Å²) in [7, 11) is 5.34. The third kappa shape index (κ3) is 2.17. The van der Waals surface area contributed by atoms with Crippen molar-refractivity contribution in [1.82, 2.24) is 14.5 Å². The van der Waals surface area contributed by atoms with Gasteiger partial charge in [-0.1, -0.05) is 0 Å². The fourth-order valence-corrected chi connectivity index (χ4v) is 4.20. The molecule has 26 heavy (non-hydrogen) atoms. The Hall–Kier alpha value is -2.22. The van der Waals surface area contributed by atoms with Gasteiger partial charge >= 0.3 is 5.69 Å². The lowest BCUT2D eigenvalue weighted by molar-refractivity contribution is 0.201. The lowest BCUT2D eigenvalue weighted by atomic mass is 10.1. The van der Waals surface area contributed by atoms with Crippen LogP contribution in [0.2, 0.25) is 0 Å². The maximum absolute atomic E-state index is 15.1. The van der Waals surface area contributed by atoms with Crippen LogP contribution < -0.4 is 15.5 Å². The number of likely N-dealkylation sites (N-methyl/N-ethyl adjacent to an activating group) is 2. The Morgan fingerprint density at radius 2 is 1.77 bits per heavy atom. The number of hydrogen-bond acceptors (Lipinski definition) is 5. The molecular formula is C18H23F2N5O. The predicted octanol–water partition coefficient (Wildman–Crippen LogP) is 1.48. The van der Waals surface area contributed by atoms with Gasteiger partial charge in [-0.05, 0) is 20.9 Å². The van der Waals surface area contributed by atoms with Crippen LogP contribution in [0, 0.1) is 18.6 Å². The third-order valence-electron chi connectivity index (χ3n) is 5.89. The molecule has 2 aliphatic rings. The maximum Gasteiger partial charge on any atom is 0.349 e. The summed E-state index contributed by atoms with van der Waals surface area (Å²) < 4.78 is 31.2. The lowest BCUT2D eigenvalue weighted by Crippen LogP contribution is -2.59. The number of benzene rings is 1. The quantitative estimate of drug-likeness (QED) is 0.710. The Balaban J connectivity index is 2.13. The average molecular weight is 363 g/mol. The molecule has 4 rings (SSSR count). The van der Waals surface area contributed by atoms with Crippen molar-refractivity contribution in [1.29, 1.82) is 0 Å². The highest BCUT2D eigenvalue weighted by Crippen LogP contribution is 2.41. The first-order valence-electron chi connectivity index (χ1n) is 8.78. The second-order valence-electron chi connectivity index (χ2n) is 7.58. The van der Waals surface area contributed by atoms with E-state index in [-0.39, 0.29) is 23.2 Å². The minimum absolute atomic E-state index is 0.0409. The number of aryl methyl sites for hydroxylation is 1. The van der Waals surface area contributed by atoms with E-state index < -0.39 is 17.3 Å². The highest BCUT2D eigenvalue weighted by atomic mass is 19.1. The zero-order chi connectivity index (χ0) is 18.9. The summed E-state index contributed by atoms with van der Waals surface area (Å²) in [6, 6.07) is 0.290. The number of anilines is 2. The molecule has 3 heterocycles. The topological polar surface area (TPSA) is 44.6 Å². The molecule has 0 spiro atoms. The number of aromatic nitrogens is 2. The van der Waals surface area contributed by atoms with Gasteiger partial charge in [0.1, 0.15) is 5.82 Å². The van der Waals surface area contributed by atoms with Gasteiger partial charge in [-0.3, -0.25) is 9.47 Å². The molecule has 2 unspecified atom stereocenters. The molecule has 0 bridgehead atoms. The van der Waals surface area contributed by atoms with E-state index in [1.807, 2.05) is 11.9 Å². The molecule has 2 aliphatic heterocycles. The Kier molecular flexibility index (Phi) is 3.73. The summed E-state index contributed by atoms with van der Waals surface area (Å²) in [5.74, 6) is -0.885. The minimum atomic E-state index is -0.696. The van der Waals surface area contributed by atoms with Gasteiger partial charge in [-0.2, -0.15) is 4.98 Å². The number of halogens is 2. The lowest BCUT2D eigenvalue weighted by Gasteiger charge is -2.44. The van der Waals surface area contributed by atoms with Gasteiger partial charge in [0, 0.05) is 45.3 Å². The van der Waals surface area contributed by atoms with Crippen molar-refractivity contribution in [2.45, 2.75) is 25.9 Å². The Morgan fingerprint density at radius 3 is 2.46 bits per heavy atom. The SMILES string of the molecule is Cc1c(F)c2c3c(nc(=O)n(C)c3c1F)N1CC(C)N(C)CC1CN2C. The normalized spacial score (nSPS) is 23.3. The number of fused-ring (bicyclic) bond motifs is 2. The number of piperazine rings is 1. The maximum atomic E-state index is 15.1. The van der Waals surface area contributed by atoms with Gasteiger partial charge in [0.2, 0.25) is 0 Å². The van der Waals surface area contributed by atoms with Crippen molar-refractivity contribution in [3.63, 3.8) is 0 Å². The molecule has 1 saturated heterocycles. The molecule has 1 aromatic heterocycles. The third-order valence-corrected chi connectivity index (χ3v) is 5.89. The van der Waals surface area contributed by atoms with Gasteiger partial charge in [-0.15, -0.1) is 0 Å². The smallest absolute Gasteiger partial charge is 0.349 e. The fraction of sp³-hybridized carbons (Fsp3) is 0.556. The molecule has 0 amide bonds. The van der Waals surface area contributed by atoms with E-state index in [1.54, 1.807) is 0 Å². The number of rotatable bonds is 0. The van der Waals surface area contributed by atoms with E-state index in [1.165, 1.54) is 18.5 Å². The molecule has 0 saturated carbocycles. The molecule has 1 fully saturated rings. The Bertz CT molecular complexity index is 973.